The van der Waals surface area contributed by atoms with Crippen LogP contribution in [0.5, 0.6) is 0 Å². The van der Waals surface area contributed by atoms with Crippen molar-refractivity contribution in [2.45, 2.75) is 24.2 Å². The van der Waals surface area contributed by atoms with Gasteiger partial charge in [-0.15, -0.1) is 5.10 Å². The molecular weight excluding hydrogens is 422 g/mol. The number of imidazole rings is 1. The third-order valence-corrected chi connectivity index (χ3v) is 6.13. The van der Waals surface area contributed by atoms with Crippen LogP contribution in [0.4, 0.5) is 26.3 Å². The molecule has 0 unspecified atom stereocenters. The van der Waals surface area contributed by atoms with Crippen LogP contribution in [-0.4, -0.2) is 33.8 Å². The van der Waals surface area contributed by atoms with Crippen LogP contribution in [0.1, 0.15) is 17.5 Å². The first-order chi connectivity index (χ1) is 12.3. The van der Waals surface area contributed by atoms with Crippen molar-refractivity contribution >= 4 is 26.1 Å². The van der Waals surface area contributed by atoms with Gasteiger partial charge in [0.25, 0.3) is 0 Å². The third kappa shape index (κ3) is 3.63. The summed E-state index contributed by atoms with van der Waals surface area (Å²) in [6, 6.07) is 0.434. The van der Waals surface area contributed by atoms with Crippen LogP contribution >= 0.6 is 11.3 Å². The van der Waals surface area contributed by atoms with Crippen LogP contribution in [0.25, 0.3) is 16.3 Å². The van der Waals surface area contributed by atoms with Crippen LogP contribution in [0.2, 0.25) is 0 Å². The van der Waals surface area contributed by atoms with Gasteiger partial charge in [-0.25, -0.2) is 17.9 Å². The summed E-state index contributed by atoms with van der Waals surface area (Å²) in [5.74, 6) is -0.498. The number of pyridine rings is 1. The Balaban J connectivity index is 2.18. The Morgan fingerprint density at radius 1 is 1.15 bits per heavy atom. The molecule has 0 bridgehead atoms. The molecule has 14 heteroatoms. The number of nitrogens with zero attached hydrogens (tertiary/aromatic N) is 4. The van der Waals surface area contributed by atoms with Crippen LogP contribution in [0.15, 0.2) is 23.4 Å². The lowest BCUT2D eigenvalue weighted by molar-refractivity contribution is -0.138. The largest absolute Gasteiger partial charge is 0.445 e. The molecule has 146 valence electrons. The maximum Gasteiger partial charge on any atom is 0.445 e. The molecule has 0 aromatic carbocycles. The molecule has 0 aliphatic heterocycles. The Morgan fingerprint density at radius 3 is 2.33 bits per heavy atom. The first-order valence-corrected chi connectivity index (χ1v) is 9.53. The highest BCUT2D eigenvalue weighted by Gasteiger charge is 2.37. The van der Waals surface area contributed by atoms with E-state index in [1.54, 1.807) is 0 Å². The van der Waals surface area contributed by atoms with Crippen LogP contribution in [0, 0.1) is 0 Å². The number of halogens is 6. The molecule has 3 aromatic heterocycles. The summed E-state index contributed by atoms with van der Waals surface area (Å²) in [6.45, 7) is 1.24. The SMILES string of the molecule is CCS(=O)(=O)c1cc(C(F)(F)F)cnc1-c1cn2nc(C(F)(F)F)sc2n1. The molecule has 0 saturated carbocycles. The Morgan fingerprint density at radius 2 is 1.81 bits per heavy atom. The van der Waals surface area contributed by atoms with Crippen molar-refractivity contribution in [1.82, 2.24) is 19.6 Å². The van der Waals surface area contributed by atoms with Gasteiger partial charge in [-0.3, -0.25) is 4.98 Å². The lowest BCUT2D eigenvalue weighted by Crippen LogP contribution is -2.12. The molecule has 0 fully saturated rings. The highest BCUT2D eigenvalue weighted by molar-refractivity contribution is 7.91. The van der Waals surface area contributed by atoms with E-state index in [0.717, 1.165) is 10.7 Å². The molecule has 0 N–H and O–H groups in total. The number of hydrogen-bond donors (Lipinski definition) is 0. The van der Waals surface area contributed by atoms with Gasteiger partial charge in [0.15, 0.2) is 9.84 Å². The van der Waals surface area contributed by atoms with E-state index in [1.807, 2.05) is 0 Å². The predicted molar refractivity (Wildman–Crippen MR) is 81.8 cm³/mol. The molecule has 0 spiro atoms. The van der Waals surface area contributed by atoms with E-state index in [9.17, 15) is 34.8 Å². The van der Waals surface area contributed by atoms with Gasteiger partial charge in [-0.05, 0) is 6.07 Å². The molecule has 0 aliphatic rings. The molecule has 0 amide bonds. The summed E-state index contributed by atoms with van der Waals surface area (Å²) in [6.07, 6.45) is -8.09. The first kappa shape index (κ1) is 19.5. The van der Waals surface area contributed by atoms with E-state index in [0.29, 0.717) is 12.3 Å². The number of hydrogen-bond acceptors (Lipinski definition) is 6. The number of sulfone groups is 1. The third-order valence-electron chi connectivity index (χ3n) is 3.42. The minimum absolute atomic E-state index is 0.205. The molecule has 3 heterocycles. The molecule has 0 aliphatic carbocycles. The Bertz CT molecular complexity index is 1080. The second-order valence-electron chi connectivity index (χ2n) is 5.23. The van der Waals surface area contributed by atoms with E-state index in [1.165, 1.54) is 6.92 Å². The van der Waals surface area contributed by atoms with Crippen molar-refractivity contribution in [3.8, 4) is 11.4 Å². The molecule has 3 rings (SSSR count). The van der Waals surface area contributed by atoms with Crippen LogP contribution in [0.3, 0.4) is 0 Å². The Labute approximate surface area is 151 Å². The highest BCUT2D eigenvalue weighted by atomic mass is 32.2. The van der Waals surface area contributed by atoms with E-state index in [2.05, 4.69) is 15.1 Å². The van der Waals surface area contributed by atoms with Gasteiger partial charge in [0, 0.05) is 6.20 Å². The second kappa shape index (κ2) is 6.15. The summed E-state index contributed by atoms with van der Waals surface area (Å²) in [4.78, 5) is 6.47. The molecule has 27 heavy (non-hydrogen) atoms. The number of aromatic nitrogens is 4. The summed E-state index contributed by atoms with van der Waals surface area (Å²) < 4.78 is 102. The van der Waals surface area contributed by atoms with Gasteiger partial charge in [0.2, 0.25) is 9.97 Å². The van der Waals surface area contributed by atoms with Gasteiger partial charge < -0.3 is 0 Å². The first-order valence-electron chi connectivity index (χ1n) is 7.06. The molecule has 0 atom stereocenters. The molecule has 3 aromatic rings. The average Bonchev–Trinajstić information content (AvgIpc) is 3.11. The summed E-state index contributed by atoms with van der Waals surface area (Å²) in [7, 11) is -4.12. The normalized spacial score (nSPS) is 13.4. The summed E-state index contributed by atoms with van der Waals surface area (Å²) >= 11 is 0.205. The van der Waals surface area contributed by atoms with Gasteiger partial charge in [-0.1, -0.05) is 18.3 Å². The topological polar surface area (TPSA) is 77.2 Å². The molecule has 0 saturated heterocycles. The zero-order chi connectivity index (χ0) is 20.2. The van der Waals surface area contributed by atoms with Gasteiger partial charge in [0.05, 0.1) is 22.4 Å². The van der Waals surface area contributed by atoms with Crippen LogP contribution < -0.4 is 0 Å². The maximum absolute atomic E-state index is 12.9. The van der Waals surface area contributed by atoms with Crippen molar-refractivity contribution in [2.75, 3.05) is 5.75 Å². The average molecular weight is 430 g/mol. The van der Waals surface area contributed by atoms with E-state index < -0.39 is 49.1 Å². The predicted octanol–water partition coefficient (Wildman–Crippen LogP) is 3.68. The fourth-order valence-electron chi connectivity index (χ4n) is 2.11. The maximum atomic E-state index is 12.9. The van der Waals surface area contributed by atoms with E-state index in [4.69, 9.17) is 0 Å². The van der Waals surface area contributed by atoms with E-state index >= 15 is 0 Å². The van der Waals surface area contributed by atoms with Crippen molar-refractivity contribution < 1.29 is 34.8 Å². The monoisotopic (exact) mass is 430 g/mol. The lowest BCUT2D eigenvalue weighted by atomic mass is 10.2. The standard InChI is InChI=1S/C13H8F6N4O2S2/c1-2-27(24,25)8-3-6(12(14,15)16)4-20-9(8)7-5-23-11(21-7)26-10(22-23)13(17,18)19/h3-5H,2H2,1H3. The second-order valence-corrected chi connectivity index (χ2v) is 8.43. The summed E-state index contributed by atoms with van der Waals surface area (Å²) in [5, 5.41) is 2.12. The minimum atomic E-state index is -4.82. The lowest BCUT2D eigenvalue weighted by Gasteiger charge is -2.11. The number of alkyl halides is 6. The Hall–Kier alpha value is -2.22. The fraction of sp³-hybridized carbons (Fsp3) is 0.308. The Kier molecular flexibility index (Phi) is 4.45. The van der Waals surface area contributed by atoms with Crippen molar-refractivity contribution in [3.63, 3.8) is 0 Å². The zero-order valence-electron chi connectivity index (χ0n) is 13.1. The van der Waals surface area contributed by atoms with Crippen molar-refractivity contribution in [3.05, 3.63) is 29.0 Å². The van der Waals surface area contributed by atoms with Crippen LogP contribution in [-0.2, 0) is 22.2 Å². The zero-order valence-corrected chi connectivity index (χ0v) is 14.8. The van der Waals surface area contributed by atoms with Crippen molar-refractivity contribution in [2.24, 2.45) is 0 Å². The molecule has 0 radical (unpaired) electrons. The highest BCUT2D eigenvalue weighted by Crippen LogP contribution is 2.36. The fourth-order valence-corrected chi connectivity index (χ4v) is 3.93. The van der Waals surface area contributed by atoms with Gasteiger partial charge >= 0.3 is 12.4 Å². The van der Waals surface area contributed by atoms with Gasteiger partial charge in [-0.2, -0.15) is 26.3 Å². The summed E-state index contributed by atoms with van der Waals surface area (Å²) in [5.41, 5.74) is -1.86. The van der Waals surface area contributed by atoms with Gasteiger partial charge in [0.1, 0.15) is 11.4 Å². The number of fused-ring (bicyclic) bond motifs is 1. The van der Waals surface area contributed by atoms with Crippen molar-refractivity contribution in [1.29, 1.82) is 0 Å². The smallest absolute Gasteiger partial charge is 0.253 e. The minimum Gasteiger partial charge on any atom is -0.253 e. The van der Waals surface area contributed by atoms with E-state index in [-0.39, 0.29) is 22.0 Å². The quantitative estimate of drug-likeness (QED) is 0.593. The molecule has 6 nitrogen and oxygen atoms in total. The number of rotatable bonds is 3. The molecular formula is C13H8F6N4O2S2.